The Morgan fingerprint density at radius 3 is 2.73 bits per heavy atom. The molecule has 1 unspecified atom stereocenters. The van der Waals surface area contributed by atoms with Gasteiger partial charge in [-0.1, -0.05) is 24.3 Å². The van der Waals surface area contributed by atoms with Crippen LogP contribution in [-0.4, -0.2) is 44.9 Å². The molecule has 1 aromatic carbocycles. The molecule has 0 saturated carbocycles. The van der Waals surface area contributed by atoms with Gasteiger partial charge in [-0.3, -0.25) is 9.58 Å². The van der Waals surface area contributed by atoms with Gasteiger partial charge in [0.15, 0.2) is 0 Å². The second-order valence-corrected chi connectivity index (χ2v) is 5.86. The Morgan fingerprint density at radius 1 is 1.32 bits per heavy atom. The lowest BCUT2D eigenvalue weighted by molar-refractivity contribution is -0.0872. The number of alkyl halides is 2. The van der Waals surface area contributed by atoms with E-state index in [1.807, 2.05) is 42.3 Å². The zero-order chi connectivity index (χ0) is 15.7. The predicted molar refractivity (Wildman–Crippen MR) is 79.5 cm³/mol. The first-order valence-corrected chi connectivity index (χ1v) is 7.29. The van der Waals surface area contributed by atoms with Crippen LogP contribution < -0.4 is 0 Å². The Balaban J connectivity index is 1.82. The topological polar surface area (TPSA) is 41.3 Å². The number of hydrogen-bond acceptors (Lipinski definition) is 3. The Kier molecular flexibility index (Phi) is 3.97. The number of nitrogens with zero attached hydrogens (tertiary/aromatic N) is 3. The molecule has 2 heterocycles. The van der Waals surface area contributed by atoms with Crippen LogP contribution in [-0.2, 0) is 13.6 Å². The fraction of sp³-hybridized carbons (Fsp3) is 0.438. The second-order valence-electron chi connectivity index (χ2n) is 5.86. The molecule has 0 amide bonds. The summed E-state index contributed by atoms with van der Waals surface area (Å²) in [6.07, 6.45) is -0.861. The molecule has 1 aromatic heterocycles. The normalized spacial score (nSPS) is 22.6. The molecule has 1 aliphatic heterocycles. The number of likely N-dealkylation sites (tertiary alicyclic amines) is 1. The number of rotatable bonds is 4. The molecule has 1 N–H and O–H groups in total. The monoisotopic (exact) mass is 307 g/mol. The summed E-state index contributed by atoms with van der Waals surface area (Å²) >= 11 is 0. The van der Waals surface area contributed by atoms with Gasteiger partial charge in [0.05, 0.1) is 5.69 Å². The SMILES string of the molecule is Cn1nccc1-c1ccccc1CN1CCC(O)(C(F)F)C1. The molecular formula is C16H19F2N3O. The molecule has 6 heteroatoms. The van der Waals surface area contributed by atoms with Crippen LogP contribution in [0.5, 0.6) is 0 Å². The van der Waals surface area contributed by atoms with Crippen LogP contribution in [0.25, 0.3) is 11.3 Å². The number of aromatic nitrogens is 2. The molecule has 0 spiro atoms. The summed E-state index contributed by atoms with van der Waals surface area (Å²) in [5, 5.41) is 14.1. The maximum absolute atomic E-state index is 12.9. The fourth-order valence-corrected chi connectivity index (χ4v) is 3.00. The molecule has 22 heavy (non-hydrogen) atoms. The summed E-state index contributed by atoms with van der Waals surface area (Å²) in [7, 11) is 1.87. The van der Waals surface area contributed by atoms with Gasteiger partial charge < -0.3 is 5.11 Å². The largest absolute Gasteiger partial charge is 0.383 e. The Hall–Kier alpha value is -1.79. The number of β-amino-alcohol motifs (C(OH)–C–C–N with tert-alkyl or cyclic N) is 1. The highest BCUT2D eigenvalue weighted by Crippen LogP contribution is 2.30. The Bertz CT molecular complexity index is 658. The molecule has 0 radical (unpaired) electrons. The van der Waals surface area contributed by atoms with Crippen LogP contribution in [0.1, 0.15) is 12.0 Å². The van der Waals surface area contributed by atoms with Gasteiger partial charge in [0, 0.05) is 38.4 Å². The number of aryl methyl sites for hydroxylation is 1. The van der Waals surface area contributed by atoms with Crippen molar-refractivity contribution >= 4 is 0 Å². The average Bonchev–Trinajstić information content (AvgIpc) is 3.07. The minimum Gasteiger partial charge on any atom is -0.383 e. The molecule has 1 aliphatic rings. The van der Waals surface area contributed by atoms with E-state index in [0.29, 0.717) is 13.1 Å². The lowest BCUT2D eigenvalue weighted by atomic mass is 10.0. The van der Waals surface area contributed by atoms with Crippen molar-refractivity contribution in [2.45, 2.75) is 25.0 Å². The fourth-order valence-electron chi connectivity index (χ4n) is 3.00. The first kappa shape index (κ1) is 15.1. The smallest absolute Gasteiger partial charge is 0.268 e. The molecule has 1 saturated heterocycles. The molecule has 0 bridgehead atoms. The van der Waals surface area contributed by atoms with Crippen LogP contribution in [0.3, 0.4) is 0 Å². The van der Waals surface area contributed by atoms with Crippen LogP contribution in [0.2, 0.25) is 0 Å². The van der Waals surface area contributed by atoms with Gasteiger partial charge in [-0.05, 0) is 18.1 Å². The molecule has 1 atom stereocenters. The van der Waals surface area contributed by atoms with E-state index < -0.39 is 12.0 Å². The lowest BCUT2D eigenvalue weighted by Crippen LogP contribution is -2.40. The third kappa shape index (κ3) is 2.76. The lowest BCUT2D eigenvalue weighted by Gasteiger charge is -2.23. The number of halogens is 2. The third-order valence-corrected chi connectivity index (χ3v) is 4.27. The van der Waals surface area contributed by atoms with E-state index in [2.05, 4.69) is 5.10 Å². The highest BCUT2D eigenvalue weighted by molar-refractivity contribution is 5.63. The standard InChI is InChI=1S/C16H19F2N3O/c1-20-14(6-8-19-20)13-5-3-2-4-12(13)10-21-9-7-16(22,11-21)15(17)18/h2-6,8,15,22H,7,9-11H2,1H3. The zero-order valence-corrected chi connectivity index (χ0v) is 12.4. The van der Waals surface area contributed by atoms with Crippen LogP contribution in [0.15, 0.2) is 36.5 Å². The first-order chi connectivity index (χ1) is 10.5. The van der Waals surface area contributed by atoms with Crippen molar-refractivity contribution in [3.8, 4) is 11.3 Å². The molecular weight excluding hydrogens is 288 g/mol. The van der Waals surface area contributed by atoms with Crippen molar-refractivity contribution in [2.24, 2.45) is 7.05 Å². The van der Waals surface area contributed by atoms with E-state index in [-0.39, 0.29) is 13.0 Å². The highest BCUT2D eigenvalue weighted by atomic mass is 19.3. The summed E-state index contributed by atoms with van der Waals surface area (Å²) in [5.74, 6) is 0. The minimum absolute atomic E-state index is 0.00435. The summed E-state index contributed by atoms with van der Waals surface area (Å²) in [6, 6.07) is 9.80. The van der Waals surface area contributed by atoms with Gasteiger partial charge >= 0.3 is 0 Å². The maximum Gasteiger partial charge on any atom is 0.268 e. The van der Waals surface area contributed by atoms with E-state index in [1.54, 1.807) is 10.9 Å². The van der Waals surface area contributed by atoms with Gasteiger partial charge in [-0.25, -0.2) is 8.78 Å². The van der Waals surface area contributed by atoms with Gasteiger partial charge in [0.25, 0.3) is 6.43 Å². The van der Waals surface area contributed by atoms with E-state index >= 15 is 0 Å². The Labute approximate surface area is 128 Å². The van der Waals surface area contributed by atoms with E-state index in [9.17, 15) is 13.9 Å². The van der Waals surface area contributed by atoms with Crippen LogP contribution >= 0.6 is 0 Å². The van der Waals surface area contributed by atoms with Crippen molar-refractivity contribution in [3.05, 3.63) is 42.1 Å². The molecule has 4 nitrogen and oxygen atoms in total. The summed E-state index contributed by atoms with van der Waals surface area (Å²) in [5.41, 5.74) is 1.19. The van der Waals surface area contributed by atoms with E-state index in [0.717, 1.165) is 16.8 Å². The molecule has 0 aliphatic carbocycles. The summed E-state index contributed by atoms with van der Waals surface area (Å²) in [4.78, 5) is 1.88. The molecule has 3 rings (SSSR count). The van der Waals surface area contributed by atoms with Crippen LogP contribution in [0.4, 0.5) is 8.78 Å². The zero-order valence-electron chi connectivity index (χ0n) is 12.4. The average molecular weight is 307 g/mol. The minimum atomic E-state index is -2.70. The van der Waals surface area contributed by atoms with Gasteiger partial charge in [-0.15, -0.1) is 0 Å². The second kappa shape index (κ2) is 5.78. The van der Waals surface area contributed by atoms with Crippen molar-refractivity contribution < 1.29 is 13.9 Å². The van der Waals surface area contributed by atoms with Crippen molar-refractivity contribution in [1.29, 1.82) is 0 Å². The van der Waals surface area contributed by atoms with E-state index in [4.69, 9.17) is 0 Å². The van der Waals surface area contributed by atoms with Gasteiger partial charge in [0.2, 0.25) is 0 Å². The van der Waals surface area contributed by atoms with Crippen molar-refractivity contribution in [3.63, 3.8) is 0 Å². The maximum atomic E-state index is 12.9. The Morgan fingerprint density at radius 2 is 2.09 bits per heavy atom. The van der Waals surface area contributed by atoms with Crippen molar-refractivity contribution in [1.82, 2.24) is 14.7 Å². The van der Waals surface area contributed by atoms with Crippen molar-refractivity contribution in [2.75, 3.05) is 13.1 Å². The summed E-state index contributed by atoms with van der Waals surface area (Å²) in [6.45, 7) is 1.02. The number of benzene rings is 1. The summed E-state index contributed by atoms with van der Waals surface area (Å²) < 4.78 is 27.6. The molecule has 1 fully saturated rings. The van der Waals surface area contributed by atoms with Crippen LogP contribution in [0, 0.1) is 0 Å². The number of aliphatic hydroxyl groups is 1. The predicted octanol–water partition coefficient (Wildman–Crippen LogP) is 2.29. The first-order valence-electron chi connectivity index (χ1n) is 7.29. The number of hydrogen-bond donors (Lipinski definition) is 1. The van der Waals surface area contributed by atoms with Gasteiger partial charge in [0.1, 0.15) is 5.60 Å². The molecule has 2 aromatic rings. The van der Waals surface area contributed by atoms with E-state index in [1.165, 1.54) is 0 Å². The third-order valence-electron chi connectivity index (χ3n) is 4.27. The highest BCUT2D eigenvalue weighted by Gasteiger charge is 2.43. The van der Waals surface area contributed by atoms with Gasteiger partial charge in [-0.2, -0.15) is 5.10 Å². The quantitative estimate of drug-likeness (QED) is 0.942. The molecule has 118 valence electrons.